The van der Waals surface area contributed by atoms with Crippen LogP contribution < -0.4 is 15.7 Å². The fraction of sp³-hybridized carbons (Fsp3) is 0.185. The molecule has 1 N–H and O–H groups in total. The second kappa shape index (κ2) is 8.72. The molecule has 8 heteroatoms. The molecule has 5 aromatic rings. The van der Waals surface area contributed by atoms with Gasteiger partial charge in [-0.05, 0) is 86.3 Å². The van der Waals surface area contributed by atoms with Crippen molar-refractivity contribution in [1.82, 2.24) is 19.2 Å². The van der Waals surface area contributed by atoms with Gasteiger partial charge in [-0.25, -0.2) is 18.9 Å². The van der Waals surface area contributed by atoms with Crippen molar-refractivity contribution in [3.8, 4) is 11.6 Å². The predicted octanol–water partition coefficient (Wildman–Crippen LogP) is 4.71. The Bertz CT molecular complexity index is 1630. The largest absolute Gasteiger partial charge is 0.436 e. The summed E-state index contributed by atoms with van der Waals surface area (Å²) in [7, 11) is 0. The van der Waals surface area contributed by atoms with Crippen molar-refractivity contribution < 1.29 is 9.53 Å². The van der Waals surface area contributed by atoms with Crippen molar-refractivity contribution in [3.63, 3.8) is 0 Å². The van der Waals surface area contributed by atoms with Crippen LogP contribution >= 0.6 is 0 Å². The Labute approximate surface area is 201 Å². The minimum atomic E-state index is -0.445. The maximum Gasteiger partial charge on any atom is 0.351 e. The lowest BCUT2D eigenvalue weighted by atomic mass is 10.1. The number of carbonyl (C=O) groups is 1. The number of ether oxygens (including phenoxy) is 1. The van der Waals surface area contributed by atoms with Gasteiger partial charge in [-0.3, -0.25) is 4.79 Å². The summed E-state index contributed by atoms with van der Waals surface area (Å²) in [4.78, 5) is 30.8. The van der Waals surface area contributed by atoms with Gasteiger partial charge in [0.25, 0.3) is 5.88 Å². The van der Waals surface area contributed by atoms with Gasteiger partial charge in [0.1, 0.15) is 12.3 Å². The molecule has 0 aliphatic rings. The topological polar surface area (TPSA) is 90.5 Å². The van der Waals surface area contributed by atoms with E-state index in [4.69, 9.17) is 4.74 Å². The first-order chi connectivity index (χ1) is 16.8. The Kier molecular flexibility index (Phi) is 5.56. The van der Waals surface area contributed by atoms with Gasteiger partial charge in [-0.1, -0.05) is 24.3 Å². The molecule has 0 radical (unpaired) electrons. The van der Waals surface area contributed by atoms with Crippen LogP contribution in [-0.2, 0) is 11.3 Å². The molecule has 0 aliphatic heterocycles. The van der Waals surface area contributed by atoms with Crippen molar-refractivity contribution in [3.05, 3.63) is 93.4 Å². The lowest BCUT2D eigenvalue weighted by Gasteiger charge is -2.09. The monoisotopic (exact) mass is 467 g/mol. The van der Waals surface area contributed by atoms with Crippen molar-refractivity contribution in [2.24, 2.45) is 0 Å². The summed E-state index contributed by atoms with van der Waals surface area (Å²) >= 11 is 0. The molecule has 0 unspecified atom stereocenters. The molecule has 5 rings (SSSR count). The number of nitrogens with zero attached hydrogens (tertiary/aromatic N) is 4. The molecule has 8 nitrogen and oxygen atoms in total. The Balaban J connectivity index is 1.56. The van der Waals surface area contributed by atoms with Gasteiger partial charge in [-0.15, -0.1) is 5.10 Å². The zero-order chi connectivity index (χ0) is 24.7. The number of anilines is 1. The minimum Gasteiger partial charge on any atom is -0.436 e. The van der Waals surface area contributed by atoms with Crippen molar-refractivity contribution in [2.45, 2.75) is 34.2 Å². The van der Waals surface area contributed by atoms with Crippen LogP contribution in [0.25, 0.3) is 16.7 Å². The van der Waals surface area contributed by atoms with E-state index in [1.165, 1.54) is 4.40 Å². The smallest absolute Gasteiger partial charge is 0.351 e. The summed E-state index contributed by atoms with van der Waals surface area (Å²) in [5.41, 5.74) is 5.81. The average molecular weight is 468 g/mol. The Morgan fingerprint density at radius 2 is 1.54 bits per heavy atom. The molecule has 2 aromatic heterocycles. The van der Waals surface area contributed by atoms with Crippen LogP contribution in [0.2, 0.25) is 0 Å². The van der Waals surface area contributed by atoms with E-state index >= 15 is 0 Å². The maximum absolute atomic E-state index is 13.4. The number of aromatic nitrogens is 4. The highest BCUT2D eigenvalue weighted by atomic mass is 16.5. The van der Waals surface area contributed by atoms with Crippen molar-refractivity contribution in [1.29, 1.82) is 0 Å². The highest BCUT2D eigenvalue weighted by Crippen LogP contribution is 2.27. The van der Waals surface area contributed by atoms with E-state index in [-0.39, 0.29) is 24.0 Å². The number of amides is 1. The second-order valence-electron chi connectivity index (χ2n) is 8.85. The first kappa shape index (κ1) is 22.3. The van der Waals surface area contributed by atoms with Crippen LogP contribution in [0.5, 0.6) is 11.6 Å². The molecule has 0 aliphatic carbocycles. The standard InChI is InChI=1S/C27H25N5O3/c1-16-9-17(2)12-20(11-16)28-24(33)15-31-27(34)32-23-8-6-5-7-22(23)29-26(25(32)30-31)35-21-13-18(3)10-19(4)14-21/h5-14H,15H2,1-4H3,(H,28,33). The van der Waals surface area contributed by atoms with Gasteiger partial charge in [0.2, 0.25) is 11.6 Å². The van der Waals surface area contributed by atoms with Crippen LogP contribution in [-0.4, -0.2) is 25.1 Å². The SMILES string of the molecule is Cc1cc(C)cc(NC(=O)Cn2nc3c(Oc4cc(C)cc(C)c4)nc4ccccc4n3c2=O)c1. The molecule has 176 valence electrons. The summed E-state index contributed by atoms with van der Waals surface area (Å²) in [6.07, 6.45) is 0. The Hall–Kier alpha value is -4.46. The highest BCUT2D eigenvalue weighted by molar-refractivity contribution is 5.90. The number of hydrogen-bond acceptors (Lipinski definition) is 5. The summed E-state index contributed by atoms with van der Waals surface area (Å²) < 4.78 is 8.68. The van der Waals surface area contributed by atoms with E-state index in [1.54, 1.807) is 12.1 Å². The van der Waals surface area contributed by atoms with E-state index in [1.807, 2.05) is 76.2 Å². The van der Waals surface area contributed by atoms with Crippen LogP contribution in [0.4, 0.5) is 5.69 Å². The fourth-order valence-electron chi connectivity index (χ4n) is 4.33. The summed E-state index contributed by atoms with van der Waals surface area (Å²) in [5.74, 6) is 0.440. The molecule has 0 atom stereocenters. The molecule has 1 amide bonds. The van der Waals surface area contributed by atoms with E-state index in [9.17, 15) is 9.59 Å². The Morgan fingerprint density at radius 1 is 0.914 bits per heavy atom. The number of aryl methyl sites for hydroxylation is 4. The number of nitrogens with one attached hydrogen (secondary N) is 1. The van der Waals surface area contributed by atoms with Gasteiger partial charge >= 0.3 is 5.69 Å². The van der Waals surface area contributed by atoms with E-state index < -0.39 is 5.69 Å². The van der Waals surface area contributed by atoms with Crippen molar-refractivity contribution >= 4 is 28.3 Å². The van der Waals surface area contributed by atoms with Gasteiger partial charge in [0.05, 0.1) is 11.0 Å². The molecule has 0 fully saturated rings. The third-order valence-corrected chi connectivity index (χ3v) is 5.58. The number of fused-ring (bicyclic) bond motifs is 3. The predicted molar refractivity (Wildman–Crippen MR) is 135 cm³/mol. The van der Waals surface area contributed by atoms with Crippen LogP contribution in [0.15, 0.2) is 65.5 Å². The highest BCUT2D eigenvalue weighted by Gasteiger charge is 2.19. The molecular formula is C27H25N5O3. The molecule has 3 aromatic carbocycles. The molecule has 2 heterocycles. The maximum atomic E-state index is 13.4. The molecule has 0 bridgehead atoms. The van der Waals surface area contributed by atoms with E-state index in [2.05, 4.69) is 15.4 Å². The van der Waals surface area contributed by atoms with Gasteiger partial charge in [-0.2, -0.15) is 0 Å². The van der Waals surface area contributed by atoms with Gasteiger partial charge < -0.3 is 10.1 Å². The number of carbonyl (C=O) groups excluding carboxylic acids is 1. The second-order valence-corrected chi connectivity index (χ2v) is 8.85. The fourth-order valence-corrected chi connectivity index (χ4v) is 4.33. The first-order valence-corrected chi connectivity index (χ1v) is 11.3. The van der Waals surface area contributed by atoms with Crippen molar-refractivity contribution in [2.75, 3.05) is 5.32 Å². The number of rotatable bonds is 5. The zero-order valence-corrected chi connectivity index (χ0v) is 20.0. The first-order valence-electron chi connectivity index (χ1n) is 11.3. The molecular weight excluding hydrogens is 442 g/mol. The van der Waals surface area contributed by atoms with E-state index in [0.717, 1.165) is 26.9 Å². The molecule has 0 spiro atoms. The normalized spacial score (nSPS) is 11.2. The van der Waals surface area contributed by atoms with Gasteiger partial charge in [0, 0.05) is 5.69 Å². The Morgan fingerprint density at radius 3 is 2.23 bits per heavy atom. The molecule has 0 saturated carbocycles. The number of hydrogen-bond donors (Lipinski definition) is 1. The third kappa shape index (κ3) is 4.50. The lowest BCUT2D eigenvalue weighted by molar-refractivity contribution is -0.117. The summed E-state index contributed by atoms with van der Waals surface area (Å²) in [6.45, 7) is 7.65. The van der Waals surface area contributed by atoms with E-state index in [0.29, 0.717) is 22.5 Å². The average Bonchev–Trinajstić information content (AvgIpc) is 3.09. The third-order valence-electron chi connectivity index (χ3n) is 5.58. The zero-order valence-electron chi connectivity index (χ0n) is 20.0. The summed E-state index contributed by atoms with van der Waals surface area (Å²) in [6, 6.07) is 18.9. The number of para-hydroxylation sites is 2. The molecule has 35 heavy (non-hydrogen) atoms. The summed E-state index contributed by atoms with van der Waals surface area (Å²) in [5, 5.41) is 7.29. The van der Waals surface area contributed by atoms with Crippen LogP contribution in [0.3, 0.4) is 0 Å². The lowest BCUT2D eigenvalue weighted by Crippen LogP contribution is -2.28. The quantitative estimate of drug-likeness (QED) is 0.404. The van der Waals surface area contributed by atoms with Crippen LogP contribution in [0, 0.1) is 27.7 Å². The molecule has 0 saturated heterocycles. The van der Waals surface area contributed by atoms with Gasteiger partial charge in [0.15, 0.2) is 0 Å². The number of benzene rings is 3. The van der Waals surface area contributed by atoms with Crippen LogP contribution in [0.1, 0.15) is 22.3 Å². The minimum absolute atomic E-state index is 0.194.